The minimum absolute atomic E-state index is 0.0530. The van der Waals surface area contributed by atoms with Gasteiger partial charge in [0, 0.05) is 19.1 Å². The van der Waals surface area contributed by atoms with E-state index in [1.54, 1.807) is 24.3 Å². The van der Waals surface area contributed by atoms with E-state index in [1.807, 2.05) is 19.9 Å². The Kier molecular flexibility index (Phi) is 8.74. The van der Waals surface area contributed by atoms with Crippen molar-refractivity contribution in [1.82, 2.24) is 4.90 Å². The van der Waals surface area contributed by atoms with Gasteiger partial charge in [0.2, 0.25) is 8.32 Å². The molecule has 2 fully saturated rings. The third-order valence-electron chi connectivity index (χ3n) is 7.66. The molecular weight excluding hydrogens is 466 g/mol. The van der Waals surface area contributed by atoms with E-state index in [2.05, 4.69) is 46.4 Å². The van der Waals surface area contributed by atoms with Gasteiger partial charge in [-0.15, -0.1) is 0 Å². The van der Waals surface area contributed by atoms with Crippen LogP contribution in [0, 0.1) is 0 Å². The molecule has 3 rings (SSSR count). The summed E-state index contributed by atoms with van der Waals surface area (Å²) in [6.07, 6.45) is 0.665. The molecule has 0 amide bonds. The van der Waals surface area contributed by atoms with Crippen LogP contribution < -0.4 is 0 Å². The van der Waals surface area contributed by atoms with Gasteiger partial charge in [0.15, 0.2) is 15.6 Å². The van der Waals surface area contributed by atoms with Gasteiger partial charge in [0.05, 0.1) is 29.5 Å². The molecule has 194 valence electrons. The normalized spacial score (nSPS) is 26.3. The van der Waals surface area contributed by atoms with E-state index in [9.17, 15) is 8.42 Å². The molecule has 1 aromatic rings. The van der Waals surface area contributed by atoms with E-state index in [1.165, 1.54) is 0 Å². The summed E-state index contributed by atoms with van der Waals surface area (Å²) in [7, 11) is -5.62. The lowest BCUT2D eigenvalue weighted by molar-refractivity contribution is -0.140. The van der Waals surface area contributed by atoms with Gasteiger partial charge < -0.3 is 13.9 Å². The molecule has 0 bridgehead atoms. The first kappa shape index (κ1) is 27.8. The van der Waals surface area contributed by atoms with Crippen molar-refractivity contribution in [3.63, 3.8) is 0 Å². The second-order valence-electron chi connectivity index (χ2n) is 11.4. The first-order valence-corrected chi connectivity index (χ1v) is 16.6. The zero-order valence-corrected chi connectivity index (χ0v) is 24.1. The second kappa shape index (κ2) is 10.7. The van der Waals surface area contributed by atoms with Crippen molar-refractivity contribution < 1.29 is 22.3 Å². The molecule has 1 aromatic carbocycles. The van der Waals surface area contributed by atoms with Crippen LogP contribution >= 0.6 is 0 Å². The Hall–Kier alpha value is -0.773. The predicted octanol–water partition coefficient (Wildman–Crippen LogP) is 5.25. The lowest BCUT2D eigenvalue weighted by Gasteiger charge is -2.45. The summed E-state index contributed by atoms with van der Waals surface area (Å²) in [5.74, 6) is -0.543. The summed E-state index contributed by atoms with van der Waals surface area (Å²) in [5.41, 5.74) is 1.33. The Morgan fingerprint density at radius 2 is 1.65 bits per heavy atom. The van der Waals surface area contributed by atoms with E-state index in [0.717, 1.165) is 13.0 Å². The van der Waals surface area contributed by atoms with Gasteiger partial charge in [-0.25, -0.2) is 8.42 Å². The third-order valence-corrected chi connectivity index (χ3v) is 15.6. The molecule has 2 aliphatic rings. The number of sulfone groups is 1. The average molecular weight is 512 g/mol. The Balaban J connectivity index is 1.90. The first-order chi connectivity index (χ1) is 15.8. The standard InChI is InChI=1S/C26H45NO5SSi/c1-19(2)34(20(3)4,21(5)6)32-25-14-15-27(16-22-17-30-26(7,8)31-22)24(25)18-33(28,29)23-12-10-9-11-13-23/h9-13,19-22,24-25H,14-18H2,1-8H3/t22-,24+,25+/m0/s1. The summed E-state index contributed by atoms with van der Waals surface area (Å²) in [5, 5.41) is 0. The molecule has 0 spiro atoms. The fourth-order valence-corrected chi connectivity index (χ4v) is 13.5. The lowest BCUT2D eigenvalue weighted by Crippen LogP contribution is -2.54. The Morgan fingerprint density at radius 1 is 1.06 bits per heavy atom. The highest BCUT2D eigenvalue weighted by Crippen LogP contribution is 2.45. The maximum Gasteiger partial charge on any atom is 0.200 e. The van der Waals surface area contributed by atoms with Gasteiger partial charge >= 0.3 is 0 Å². The minimum atomic E-state index is -3.46. The topological polar surface area (TPSA) is 65.1 Å². The molecule has 0 aromatic heterocycles. The molecule has 0 saturated carbocycles. The van der Waals surface area contributed by atoms with Crippen molar-refractivity contribution in [1.29, 1.82) is 0 Å². The maximum atomic E-state index is 13.5. The van der Waals surface area contributed by atoms with Gasteiger partial charge in [0.25, 0.3) is 0 Å². The van der Waals surface area contributed by atoms with Crippen molar-refractivity contribution in [3.05, 3.63) is 30.3 Å². The zero-order valence-electron chi connectivity index (χ0n) is 22.3. The van der Waals surface area contributed by atoms with Crippen LogP contribution in [0.4, 0.5) is 0 Å². The fourth-order valence-electron chi connectivity index (χ4n) is 6.20. The average Bonchev–Trinajstić information content (AvgIpc) is 3.27. The maximum absolute atomic E-state index is 13.5. The van der Waals surface area contributed by atoms with Crippen LogP contribution in [0.3, 0.4) is 0 Å². The predicted molar refractivity (Wildman–Crippen MR) is 139 cm³/mol. The van der Waals surface area contributed by atoms with Crippen molar-refractivity contribution in [2.75, 3.05) is 25.4 Å². The Morgan fingerprint density at radius 3 is 2.15 bits per heavy atom. The highest BCUT2D eigenvalue weighted by molar-refractivity contribution is 7.91. The molecule has 3 atom stereocenters. The number of rotatable bonds is 10. The molecule has 34 heavy (non-hydrogen) atoms. The SMILES string of the molecule is CC(C)[Si](O[C@@H]1CCN(C[C@H]2COC(C)(C)O2)[C@@H]1CS(=O)(=O)c1ccccc1)(C(C)C)C(C)C. The van der Waals surface area contributed by atoms with Crippen LogP contribution in [0.1, 0.15) is 61.8 Å². The molecule has 2 aliphatic heterocycles. The van der Waals surface area contributed by atoms with Gasteiger partial charge in [-0.1, -0.05) is 59.7 Å². The number of ether oxygens (including phenoxy) is 2. The molecule has 2 saturated heterocycles. The molecule has 6 nitrogen and oxygen atoms in total. The van der Waals surface area contributed by atoms with E-state index in [0.29, 0.717) is 34.7 Å². The van der Waals surface area contributed by atoms with E-state index >= 15 is 0 Å². The minimum Gasteiger partial charge on any atom is -0.411 e. The molecule has 0 N–H and O–H groups in total. The number of benzene rings is 1. The summed E-state index contributed by atoms with van der Waals surface area (Å²) >= 11 is 0. The van der Waals surface area contributed by atoms with E-state index < -0.39 is 23.9 Å². The summed E-state index contributed by atoms with van der Waals surface area (Å²) < 4.78 is 46.0. The Bertz CT molecular complexity index is 881. The van der Waals surface area contributed by atoms with Crippen molar-refractivity contribution in [2.45, 2.75) is 107 Å². The number of hydrogen-bond acceptors (Lipinski definition) is 6. The highest BCUT2D eigenvalue weighted by atomic mass is 32.2. The van der Waals surface area contributed by atoms with Gasteiger partial charge in [0.1, 0.15) is 0 Å². The quantitative estimate of drug-likeness (QED) is 0.400. The number of hydrogen-bond donors (Lipinski definition) is 0. The molecule has 0 radical (unpaired) electrons. The van der Waals surface area contributed by atoms with E-state index in [4.69, 9.17) is 13.9 Å². The first-order valence-electron chi connectivity index (χ1n) is 12.8. The van der Waals surface area contributed by atoms with Gasteiger partial charge in [-0.3, -0.25) is 4.90 Å². The molecule has 8 heteroatoms. The number of likely N-dealkylation sites (tertiary alicyclic amines) is 1. The Labute approximate surface area is 208 Å². The highest BCUT2D eigenvalue weighted by Gasteiger charge is 2.50. The molecule has 0 unspecified atom stereocenters. The smallest absolute Gasteiger partial charge is 0.200 e. The number of nitrogens with zero attached hydrogens (tertiary/aromatic N) is 1. The monoisotopic (exact) mass is 511 g/mol. The molecule has 0 aliphatic carbocycles. The van der Waals surface area contributed by atoms with Crippen LogP contribution in [0.2, 0.25) is 16.6 Å². The molecular formula is C26H45NO5SSi. The van der Waals surface area contributed by atoms with Crippen molar-refractivity contribution >= 4 is 18.2 Å². The van der Waals surface area contributed by atoms with Crippen molar-refractivity contribution in [3.8, 4) is 0 Å². The largest absolute Gasteiger partial charge is 0.411 e. The van der Waals surface area contributed by atoms with Crippen molar-refractivity contribution in [2.24, 2.45) is 0 Å². The summed E-state index contributed by atoms with van der Waals surface area (Å²) in [4.78, 5) is 2.66. The third kappa shape index (κ3) is 5.95. The van der Waals surface area contributed by atoms with Crippen LogP contribution in [0.15, 0.2) is 35.2 Å². The zero-order chi connectivity index (χ0) is 25.3. The summed E-state index contributed by atoms with van der Waals surface area (Å²) in [6, 6.07) is 8.59. The van der Waals surface area contributed by atoms with Gasteiger partial charge in [-0.05, 0) is 49.0 Å². The van der Waals surface area contributed by atoms with E-state index in [-0.39, 0.29) is 24.0 Å². The summed E-state index contributed by atoms with van der Waals surface area (Å²) in [6.45, 7) is 19.5. The van der Waals surface area contributed by atoms with Crippen LogP contribution in [0.25, 0.3) is 0 Å². The second-order valence-corrected chi connectivity index (χ2v) is 18.8. The fraction of sp³-hybridized carbons (Fsp3) is 0.769. The van der Waals surface area contributed by atoms with Crippen LogP contribution in [-0.4, -0.2) is 71.1 Å². The lowest BCUT2D eigenvalue weighted by atomic mass is 10.2. The van der Waals surface area contributed by atoms with Crippen LogP contribution in [0.5, 0.6) is 0 Å². The van der Waals surface area contributed by atoms with Gasteiger partial charge in [-0.2, -0.15) is 0 Å². The van der Waals surface area contributed by atoms with Crippen LogP contribution in [-0.2, 0) is 23.7 Å². The molecule has 2 heterocycles.